The van der Waals surface area contributed by atoms with Crippen LogP contribution in [0.5, 0.6) is 0 Å². The standard InChI is InChI=1S/C15H26N4/c1-2-4-13-5-3-9-19(10-7-13)12-15-11-14(18-16)6-8-17-15/h6,8,11,13H,2-5,7,9-10,12,16H2,1H3,(H,17,18). The number of hydrogen-bond acceptors (Lipinski definition) is 4. The number of nitrogens with zero attached hydrogens (tertiary/aromatic N) is 2. The maximum Gasteiger partial charge on any atom is 0.0564 e. The molecule has 1 aromatic heterocycles. The molecule has 1 aliphatic rings. The fourth-order valence-corrected chi connectivity index (χ4v) is 2.96. The molecule has 1 aromatic rings. The molecular weight excluding hydrogens is 236 g/mol. The Morgan fingerprint density at radius 2 is 2.32 bits per heavy atom. The van der Waals surface area contributed by atoms with Crippen molar-refractivity contribution in [2.75, 3.05) is 18.5 Å². The van der Waals surface area contributed by atoms with Gasteiger partial charge in [0.2, 0.25) is 0 Å². The zero-order chi connectivity index (χ0) is 13.5. The Labute approximate surface area is 116 Å². The van der Waals surface area contributed by atoms with Gasteiger partial charge in [-0.1, -0.05) is 19.8 Å². The Morgan fingerprint density at radius 3 is 3.11 bits per heavy atom. The van der Waals surface area contributed by atoms with Gasteiger partial charge in [-0.05, 0) is 50.4 Å². The molecule has 1 atom stereocenters. The number of nitrogen functional groups attached to an aromatic ring is 1. The summed E-state index contributed by atoms with van der Waals surface area (Å²) in [6.07, 6.45) is 8.57. The predicted molar refractivity (Wildman–Crippen MR) is 79.6 cm³/mol. The number of pyridine rings is 1. The molecule has 1 fully saturated rings. The van der Waals surface area contributed by atoms with E-state index in [1.807, 2.05) is 18.3 Å². The van der Waals surface area contributed by atoms with Crippen molar-refractivity contribution in [1.29, 1.82) is 0 Å². The average Bonchev–Trinajstić information content (AvgIpc) is 2.65. The van der Waals surface area contributed by atoms with Gasteiger partial charge in [-0.2, -0.15) is 0 Å². The quantitative estimate of drug-likeness (QED) is 0.633. The van der Waals surface area contributed by atoms with E-state index in [-0.39, 0.29) is 0 Å². The molecule has 0 aromatic carbocycles. The van der Waals surface area contributed by atoms with Gasteiger partial charge in [-0.25, -0.2) is 0 Å². The van der Waals surface area contributed by atoms with Crippen LogP contribution in [0.1, 0.15) is 44.7 Å². The van der Waals surface area contributed by atoms with E-state index in [2.05, 4.69) is 22.2 Å². The van der Waals surface area contributed by atoms with Gasteiger partial charge in [0.15, 0.2) is 0 Å². The molecule has 1 aliphatic heterocycles. The highest BCUT2D eigenvalue weighted by Gasteiger charge is 2.16. The Hall–Kier alpha value is -1.13. The number of rotatable bonds is 5. The maximum absolute atomic E-state index is 5.44. The summed E-state index contributed by atoms with van der Waals surface area (Å²) in [4.78, 5) is 6.96. The lowest BCUT2D eigenvalue weighted by Crippen LogP contribution is -2.25. The minimum Gasteiger partial charge on any atom is -0.324 e. The van der Waals surface area contributed by atoms with Crippen LogP contribution in [0.4, 0.5) is 5.69 Å². The van der Waals surface area contributed by atoms with E-state index in [9.17, 15) is 0 Å². The van der Waals surface area contributed by atoms with Crippen LogP contribution in [-0.2, 0) is 6.54 Å². The van der Waals surface area contributed by atoms with Crippen LogP contribution in [-0.4, -0.2) is 23.0 Å². The van der Waals surface area contributed by atoms with Gasteiger partial charge in [0.1, 0.15) is 0 Å². The normalized spacial score (nSPS) is 21.1. The minimum absolute atomic E-state index is 0.931. The van der Waals surface area contributed by atoms with Crippen molar-refractivity contribution >= 4 is 5.69 Å². The van der Waals surface area contributed by atoms with Crippen LogP contribution in [0, 0.1) is 5.92 Å². The SMILES string of the molecule is CCCC1CCCN(Cc2cc(NN)ccn2)CC1. The summed E-state index contributed by atoms with van der Waals surface area (Å²) in [6, 6.07) is 3.93. The second kappa shape index (κ2) is 7.46. The monoisotopic (exact) mass is 262 g/mol. The zero-order valence-electron chi connectivity index (χ0n) is 11.9. The summed E-state index contributed by atoms with van der Waals surface area (Å²) in [5.41, 5.74) is 4.72. The molecule has 2 heterocycles. The molecule has 2 rings (SSSR count). The fourth-order valence-electron chi connectivity index (χ4n) is 2.96. The molecule has 1 unspecified atom stereocenters. The lowest BCUT2D eigenvalue weighted by atomic mass is 9.96. The smallest absolute Gasteiger partial charge is 0.0564 e. The molecule has 0 radical (unpaired) electrons. The molecule has 4 heteroatoms. The van der Waals surface area contributed by atoms with E-state index in [0.29, 0.717) is 0 Å². The topological polar surface area (TPSA) is 54.2 Å². The van der Waals surface area contributed by atoms with Crippen molar-refractivity contribution in [1.82, 2.24) is 9.88 Å². The third-order valence-corrected chi connectivity index (χ3v) is 4.01. The number of anilines is 1. The molecule has 0 bridgehead atoms. The van der Waals surface area contributed by atoms with E-state index in [1.54, 1.807) is 0 Å². The summed E-state index contributed by atoms with van der Waals surface area (Å²) in [5.74, 6) is 6.37. The van der Waals surface area contributed by atoms with Crippen molar-refractivity contribution in [2.24, 2.45) is 11.8 Å². The Kier molecular flexibility index (Phi) is 5.61. The van der Waals surface area contributed by atoms with E-state index < -0.39 is 0 Å². The molecule has 106 valence electrons. The van der Waals surface area contributed by atoms with Gasteiger partial charge in [0.25, 0.3) is 0 Å². The fraction of sp³-hybridized carbons (Fsp3) is 0.667. The molecule has 3 N–H and O–H groups in total. The number of nitrogens with one attached hydrogen (secondary N) is 1. The Bertz CT molecular complexity index is 380. The molecule has 4 nitrogen and oxygen atoms in total. The van der Waals surface area contributed by atoms with Gasteiger partial charge < -0.3 is 5.43 Å². The van der Waals surface area contributed by atoms with Crippen molar-refractivity contribution < 1.29 is 0 Å². The van der Waals surface area contributed by atoms with Crippen LogP contribution in [0.3, 0.4) is 0 Å². The second-order valence-electron chi connectivity index (χ2n) is 5.54. The van der Waals surface area contributed by atoms with Gasteiger partial charge in [0, 0.05) is 12.7 Å². The number of hydrogen-bond donors (Lipinski definition) is 2. The molecule has 0 saturated carbocycles. The number of likely N-dealkylation sites (tertiary alicyclic amines) is 1. The first-order valence-corrected chi connectivity index (χ1v) is 7.45. The lowest BCUT2D eigenvalue weighted by molar-refractivity contribution is 0.268. The highest BCUT2D eigenvalue weighted by molar-refractivity contribution is 5.41. The van der Waals surface area contributed by atoms with Crippen LogP contribution in [0.15, 0.2) is 18.3 Å². The van der Waals surface area contributed by atoms with Crippen LogP contribution in [0.2, 0.25) is 0 Å². The number of nitrogens with two attached hydrogens (primary N) is 1. The average molecular weight is 262 g/mol. The van der Waals surface area contributed by atoms with Crippen LogP contribution < -0.4 is 11.3 Å². The first kappa shape index (κ1) is 14.3. The van der Waals surface area contributed by atoms with Gasteiger partial charge in [-0.15, -0.1) is 0 Å². The maximum atomic E-state index is 5.44. The molecule has 0 aliphatic carbocycles. The third kappa shape index (κ3) is 4.48. The lowest BCUT2D eigenvalue weighted by Gasteiger charge is -2.20. The summed E-state index contributed by atoms with van der Waals surface area (Å²) in [7, 11) is 0. The first-order chi connectivity index (χ1) is 9.31. The van der Waals surface area contributed by atoms with Crippen molar-refractivity contribution in [3.8, 4) is 0 Å². The van der Waals surface area contributed by atoms with Crippen LogP contribution >= 0.6 is 0 Å². The van der Waals surface area contributed by atoms with Gasteiger partial charge in [0.05, 0.1) is 11.4 Å². The summed E-state index contributed by atoms with van der Waals surface area (Å²) >= 11 is 0. The minimum atomic E-state index is 0.931. The van der Waals surface area contributed by atoms with Crippen molar-refractivity contribution in [3.05, 3.63) is 24.0 Å². The van der Waals surface area contributed by atoms with E-state index in [4.69, 9.17) is 5.84 Å². The summed E-state index contributed by atoms with van der Waals surface area (Å²) in [6.45, 7) is 5.63. The van der Waals surface area contributed by atoms with Gasteiger partial charge in [-0.3, -0.25) is 15.7 Å². The zero-order valence-corrected chi connectivity index (χ0v) is 11.9. The van der Waals surface area contributed by atoms with Gasteiger partial charge >= 0.3 is 0 Å². The second-order valence-corrected chi connectivity index (χ2v) is 5.54. The highest BCUT2D eigenvalue weighted by Crippen LogP contribution is 2.22. The third-order valence-electron chi connectivity index (χ3n) is 4.01. The van der Waals surface area contributed by atoms with Crippen molar-refractivity contribution in [2.45, 2.75) is 45.6 Å². The van der Waals surface area contributed by atoms with Crippen LogP contribution in [0.25, 0.3) is 0 Å². The molecular formula is C15H26N4. The largest absolute Gasteiger partial charge is 0.324 e. The van der Waals surface area contributed by atoms with Crippen molar-refractivity contribution in [3.63, 3.8) is 0 Å². The first-order valence-electron chi connectivity index (χ1n) is 7.45. The predicted octanol–water partition coefficient (Wildman–Crippen LogP) is 2.77. The summed E-state index contributed by atoms with van der Waals surface area (Å²) < 4.78 is 0. The van der Waals surface area contributed by atoms with E-state index in [0.717, 1.165) is 23.8 Å². The molecule has 1 saturated heterocycles. The van der Waals surface area contributed by atoms with E-state index >= 15 is 0 Å². The van der Waals surface area contributed by atoms with E-state index in [1.165, 1.54) is 45.2 Å². The highest BCUT2D eigenvalue weighted by atomic mass is 15.2. The Morgan fingerprint density at radius 1 is 1.42 bits per heavy atom. The molecule has 0 spiro atoms. The summed E-state index contributed by atoms with van der Waals surface area (Å²) in [5, 5.41) is 0. The number of aromatic nitrogens is 1. The number of hydrazine groups is 1. The molecule has 19 heavy (non-hydrogen) atoms. The molecule has 0 amide bonds. The Balaban J connectivity index is 1.88.